The molecule has 0 radical (unpaired) electrons. The van der Waals surface area contributed by atoms with Crippen LogP contribution in [0.2, 0.25) is 0 Å². The van der Waals surface area contributed by atoms with E-state index in [-0.39, 0.29) is 5.56 Å². The number of benzene rings is 1. The molecule has 3 aromatic rings. The minimum atomic E-state index is -0.164. The number of halogens is 1. The lowest BCUT2D eigenvalue weighted by Crippen LogP contribution is -2.48. The van der Waals surface area contributed by atoms with Crippen LogP contribution in [0.15, 0.2) is 44.2 Å². The number of allylic oxidation sites excluding steroid dienone is 2. The molecule has 1 fully saturated rings. The molecule has 0 saturated heterocycles. The predicted octanol–water partition coefficient (Wildman–Crippen LogP) is 4.78. The van der Waals surface area contributed by atoms with Gasteiger partial charge in [-0.3, -0.25) is 4.79 Å². The topological polar surface area (TPSA) is 63.0 Å². The molecule has 2 bridgehead atoms. The van der Waals surface area contributed by atoms with Crippen LogP contribution >= 0.6 is 15.9 Å². The molecule has 0 amide bonds. The van der Waals surface area contributed by atoms with Gasteiger partial charge >= 0.3 is 0 Å². The molecule has 6 heteroatoms. The molecule has 0 spiro atoms. The maximum atomic E-state index is 13.0. The minimum absolute atomic E-state index is 0.164. The fourth-order valence-corrected chi connectivity index (χ4v) is 5.05. The van der Waals surface area contributed by atoms with Crippen LogP contribution < -0.4 is 5.56 Å². The number of rotatable bonds is 2. The highest BCUT2D eigenvalue weighted by atomic mass is 79.9. The average Bonchev–Trinajstić information content (AvgIpc) is 2.99. The van der Waals surface area contributed by atoms with Gasteiger partial charge in [-0.2, -0.15) is 9.78 Å². The Labute approximate surface area is 165 Å². The number of hydrogen-bond acceptors (Lipinski definition) is 3. The van der Waals surface area contributed by atoms with E-state index in [1.54, 1.807) is 0 Å². The number of aromatic amines is 1. The van der Waals surface area contributed by atoms with Crippen LogP contribution in [0.3, 0.4) is 0 Å². The second-order valence-corrected chi connectivity index (χ2v) is 9.22. The van der Waals surface area contributed by atoms with E-state index in [0.717, 1.165) is 27.7 Å². The van der Waals surface area contributed by atoms with Crippen molar-refractivity contribution in [3.63, 3.8) is 0 Å². The molecule has 2 unspecified atom stereocenters. The lowest BCUT2D eigenvalue weighted by atomic mass is 9.49. The number of nitrogens with zero attached hydrogens (tertiary/aromatic N) is 3. The third-order valence-corrected chi connectivity index (χ3v) is 7.05. The number of fused-ring (bicyclic) bond motifs is 4. The van der Waals surface area contributed by atoms with E-state index in [0.29, 0.717) is 28.2 Å². The van der Waals surface area contributed by atoms with E-state index in [2.05, 4.69) is 50.9 Å². The first-order valence-electron chi connectivity index (χ1n) is 9.31. The molecule has 2 heterocycles. The fraction of sp³-hybridized carbons (Fsp3) is 0.381. The van der Waals surface area contributed by atoms with Crippen LogP contribution in [0.25, 0.3) is 21.9 Å². The van der Waals surface area contributed by atoms with E-state index in [1.807, 2.05) is 31.3 Å². The van der Waals surface area contributed by atoms with Gasteiger partial charge in [0.05, 0.1) is 6.21 Å². The third-order valence-electron chi connectivity index (χ3n) is 6.55. The Kier molecular flexibility index (Phi) is 3.54. The Morgan fingerprint density at radius 1 is 1.41 bits per heavy atom. The first-order chi connectivity index (χ1) is 12.9. The fourth-order valence-electron chi connectivity index (χ4n) is 4.69. The van der Waals surface area contributed by atoms with Gasteiger partial charge in [0.15, 0.2) is 0 Å². The van der Waals surface area contributed by atoms with Gasteiger partial charge in [0.1, 0.15) is 16.9 Å². The molecule has 27 heavy (non-hydrogen) atoms. The Balaban J connectivity index is 1.61. The Morgan fingerprint density at radius 2 is 2.22 bits per heavy atom. The van der Waals surface area contributed by atoms with Crippen LogP contribution in [0.5, 0.6) is 0 Å². The summed E-state index contributed by atoms with van der Waals surface area (Å²) in [6.45, 7) is 6.49. The molecular formula is C21H21BrN4O. The summed E-state index contributed by atoms with van der Waals surface area (Å²) in [6, 6.07) is 5.88. The van der Waals surface area contributed by atoms with Gasteiger partial charge in [-0.1, -0.05) is 35.9 Å². The van der Waals surface area contributed by atoms with Gasteiger partial charge in [0, 0.05) is 15.4 Å². The summed E-state index contributed by atoms with van der Waals surface area (Å²) in [6.07, 6.45) is 6.48. The Bertz CT molecular complexity index is 1210. The highest BCUT2D eigenvalue weighted by molar-refractivity contribution is 9.10. The van der Waals surface area contributed by atoms with Crippen molar-refractivity contribution in [1.29, 1.82) is 0 Å². The van der Waals surface area contributed by atoms with E-state index < -0.39 is 0 Å². The predicted molar refractivity (Wildman–Crippen MR) is 112 cm³/mol. The van der Waals surface area contributed by atoms with Gasteiger partial charge in [0.2, 0.25) is 0 Å². The lowest BCUT2D eigenvalue weighted by molar-refractivity contribution is -0.00127. The number of nitrogens with one attached hydrogen (secondary N) is 1. The standard InChI is InChI=1S/C21H21BrN4O/c1-11-24-18-15-9-14(22)6-7-17(15)25-19(18)20(27)26(11)23-10-12-4-5-13-8-16(12)21(13,2)3/h4,6-7,9-10,13,16,25H,5,8H2,1-3H3/b23-10+. The van der Waals surface area contributed by atoms with Gasteiger partial charge in [-0.05, 0) is 60.8 Å². The number of hydrogen-bond donors (Lipinski definition) is 1. The number of aromatic nitrogens is 3. The van der Waals surface area contributed by atoms with Crippen LogP contribution in [0, 0.1) is 24.2 Å². The van der Waals surface area contributed by atoms with Crippen molar-refractivity contribution >= 4 is 44.1 Å². The van der Waals surface area contributed by atoms with E-state index in [9.17, 15) is 4.79 Å². The van der Waals surface area contributed by atoms with Crippen LogP contribution in [-0.2, 0) is 0 Å². The van der Waals surface area contributed by atoms with Crippen molar-refractivity contribution in [1.82, 2.24) is 14.6 Å². The van der Waals surface area contributed by atoms with Crippen LogP contribution in [-0.4, -0.2) is 20.9 Å². The lowest BCUT2D eigenvalue weighted by Gasteiger charge is -2.55. The molecule has 1 aromatic carbocycles. The zero-order chi connectivity index (χ0) is 18.9. The molecular weight excluding hydrogens is 404 g/mol. The first kappa shape index (κ1) is 16.9. The molecule has 138 valence electrons. The summed E-state index contributed by atoms with van der Waals surface area (Å²) >= 11 is 3.49. The third kappa shape index (κ3) is 2.39. The molecule has 5 nitrogen and oxygen atoms in total. The molecule has 3 aliphatic rings. The van der Waals surface area contributed by atoms with Crippen LogP contribution in [0.4, 0.5) is 0 Å². The highest BCUT2D eigenvalue weighted by Crippen LogP contribution is 2.58. The van der Waals surface area contributed by atoms with Gasteiger partial charge < -0.3 is 4.98 Å². The molecule has 6 rings (SSSR count). The smallest absolute Gasteiger partial charge is 0.298 e. The van der Waals surface area contributed by atoms with Gasteiger partial charge in [0.25, 0.3) is 5.56 Å². The summed E-state index contributed by atoms with van der Waals surface area (Å²) in [4.78, 5) is 20.9. The van der Waals surface area contributed by atoms with Crippen molar-refractivity contribution in [2.24, 2.45) is 22.4 Å². The van der Waals surface area contributed by atoms with E-state index >= 15 is 0 Å². The Morgan fingerprint density at radius 3 is 2.96 bits per heavy atom. The largest absolute Gasteiger partial charge is 0.349 e. The molecule has 2 atom stereocenters. The molecule has 0 aliphatic heterocycles. The number of H-pyrrole nitrogens is 1. The molecule has 1 saturated carbocycles. The van der Waals surface area contributed by atoms with Crippen molar-refractivity contribution in [3.8, 4) is 0 Å². The summed E-state index contributed by atoms with van der Waals surface area (Å²) in [5.41, 5.74) is 3.50. The van der Waals surface area contributed by atoms with Crippen molar-refractivity contribution < 1.29 is 0 Å². The number of aryl methyl sites for hydroxylation is 1. The maximum Gasteiger partial charge on any atom is 0.298 e. The van der Waals surface area contributed by atoms with E-state index in [1.165, 1.54) is 16.7 Å². The second-order valence-electron chi connectivity index (χ2n) is 8.31. The normalized spacial score (nSPS) is 23.8. The molecule has 1 N–H and O–H groups in total. The SMILES string of the molecule is Cc1nc2c([nH]c3ccc(Br)cc32)c(=O)n1/N=C/C1=CCC2CC1C2(C)C. The average molecular weight is 425 g/mol. The first-order valence-corrected chi connectivity index (χ1v) is 10.1. The molecule has 2 aromatic heterocycles. The highest BCUT2D eigenvalue weighted by Gasteiger charge is 2.50. The summed E-state index contributed by atoms with van der Waals surface area (Å²) in [5, 5.41) is 5.46. The summed E-state index contributed by atoms with van der Waals surface area (Å²) in [7, 11) is 0. The van der Waals surface area contributed by atoms with E-state index in [4.69, 9.17) is 0 Å². The van der Waals surface area contributed by atoms with Crippen molar-refractivity contribution in [2.75, 3.05) is 0 Å². The van der Waals surface area contributed by atoms with Gasteiger partial charge in [-0.25, -0.2) is 4.98 Å². The van der Waals surface area contributed by atoms with Crippen molar-refractivity contribution in [3.05, 3.63) is 50.5 Å². The minimum Gasteiger partial charge on any atom is -0.349 e. The zero-order valence-corrected chi connectivity index (χ0v) is 17.2. The summed E-state index contributed by atoms with van der Waals surface area (Å²) in [5.74, 6) is 1.91. The second kappa shape index (κ2) is 5.64. The van der Waals surface area contributed by atoms with Gasteiger partial charge in [-0.15, -0.1) is 0 Å². The monoisotopic (exact) mass is 424 g/mol. The van der Waals surface area contributed by atoms with Crippen LogP contribution in [0.1, 0.15) is 32.5 Å². The summed E-state index contributed by atoms with van der Waals surface area (Å²) < 4.78 is 2.37. The van der Waals surface area contributed by atoms with Crippen molar-refractivity contribution in [2.45, 2.75) is 33.6 Å². The quantitative estimate of drug-likeness (QED) is 0.601. The zero-order valence-electron chi connectivity index (χ0n) is 15.6. The Hall–Kier alpha value is -2.21. The molecule has 3 aliphatic carbocycles. The maximum absolute atomic E-state index is 13.0.